The van der Waals surface area contributed by atoms with E-state index in [-0.39, 0.29) is 48.7 Å². The third-order valence-electron chi connectivity index (χ3n) is 7.22. The normalized spacial score (nSPS) is 13.2. The van der Waals surface area contributed by atoms with Gasteiger partial charge in [-0.15, -0.1) is 0 Å². The Morgan fingerprint density at radius 3 is 0.773 bits per heavy atom. The molecule has 0 bridgehead atoms. The Hall–Kier alpha value is -5.24. The first kappa shape index (κ1) is 30.2. The maximum absolute atomic E-state index is 12.7. The van der Waals surface area contributed by atoms with Crippen LogP contribution in [0.4, 0.5) is 0 Å². The van der Waals surface area contributed by atoms with E-state index in [1.807, 2.05) is 48.6 Å². The second-order valence-electron chi connectivity index (χ2n) is 10.0. The minimum atomic E-state index is -0.589. The van der Waals surface area contributed by atoms with Gasteiger partial charge < -0.3 is 18.9 Å². The summed E-state index contributed by atoms with van der Waals surface area (Å²) in [6.07, 6.45) is 7.91. The maximum atomic E-state index is 12.7. The van der Waals surface area contributed by atoms with Crippen molar-refractivity contribution in [3.05, 3.63) is 93.0 Å². The zero-order valence-electron chi connectivity index (χ0n) is 25.0. The first-order chi connectivity index (χ1) is 21.3. The molecule has 0 heterocycles. The Bertz CT molecular complexity index is 1610. The predicted octanol–water partition coefficient (Wildman–Crippen LogP) is 7.35. The van der Waals surface area contributed by atoms with Gasteiger partial charge in [-0.25, -0.2) is 19.2 Å². The number of ether oxygens (including phenoxy) is 4. The van der Waals surface area contributed by atoms with E-state index < -0.39 is 23.9 Å². The Morgan fingerprint density at radius 1 is 0.386 bits per heavy atom. The van der Waals surface area contributed by atoms with Crippen molar-refractivity contribution in [3.8, 4) is 0 Å². The van der Waals surface area contributed by atoms with Gasteiger partial charge in [-0.05, 0) is 120 Å². The van der Waals surface area contributed by atoms with Crippen LogP contribution in [0.15, 0.2) is 48.5 Å². The summed E-state index contributed by atoms with van der Waals surface area (Å²) in [6, 6.07) is 14.5. The fourth-order valence-corrected chi connectivity index (χ4v) is 5.22. The molecule has 0 aliphatic heterocycles. The van der Waals surface area contributed by atoms with E-state index in [0.29, 0.717) is 0 Å². The van der Waals surface area contributed by atoms with Crippen LogP contribution in [0.2, 0.25) is 0 Å². The number of rotatable bonds is 8. The van der Waals surface area contributed by atoms with Crippen molar-refractivity contribution in [2.24, 2.45) is 0 Å². The van der Waals surface area contributed by atoms with Crippen molar-refractivity contribution in [1.29, 1.82) is 0 Å². The van der Waals surface area contributed by atoms with E-state index in [4.69, 9.17) is 18.9 Å². The smallest absolute Gasteiger partial charge is 0.339 e. The van der Waals surface area contributed by atoms with Crippen molar-refractivity contribution in [2.75, 3.05) is 26.4 Å². The van der Waals surface area contributed by atoms with Crippen LogP contribution in [0.25, 0.3) is 45.8 Å². The molecule has 1 aliphatic carbocycles. The monoisotopic (exact) mass is 592 g/mol. The summed E-state index contributed by atoms with van der Waals surface area (Å²) in [4.78, 5) is 50.9. The number of hydrogen-bond donors (Lipinski definition) is 0. The van der Waals surface area contributed by atoms with Gasteiger partial charge in [0.1, 0.15) is 0 Å². The number of carbonyl (C=O) groups is 4. The summed E-state index contributed by atoms with van der Waals surface area (Å²) < 4.78 is 20.8. The fraction of sp³-hybridized carbons (Fsp3) is 0.222. The molecule has 0 amide bonds. The highest BCUT2D eigenvalue weighted by molar-refractivity contribution is 6.10. The molecule has 8 nitrogen and oxygen atoms in total. The number of hydrogen-bond acceptors (Lipinski definition) is 8. The Morgan fingerprint density at radius 2 is 0.591 bits per heavy atom. The van der Waals surface area contributed by atoms with Gasteiger partial charge in [-0.3, -0.25) is 0 Å². The van der Waals surface area contributed by atoms with E-state index >= 15 is 0 Å². The number of esters is 4. The summed E-state index contributed by atoms with van der Waals surface area (Å²) in [5, 5.41) is 3.07. The molecular formula is C36H32O8. The fourth-order valence-electron chi connectivity index (χ4n) is 5.22. The maximum Gasteiger partial charge on any atom is 0.339 e. The highest BCUT2D eigenvalue weighted by atomic mass is 16.5. The average Bonchev–Trinajstić information content (AvgIpc) is 3.00. The summed E-state index contributed by atoms with van der Waals surface area (Å²) in [5.74, 6) is -2.36. The Labute approximate surface area is 254 Å². The first-order valence-electron chi connectivity index (χ1n) is 14.6. The minimum absolute atomic E-state index is 0.152. The largest absolute Gasteiger partial charge is 0.462 e. The topological polar surface area (TPSA) is 105 Å². The quantitative estimate of drug-likeness (QED) is 0.136. The molecule has 4 aromatic carbocycles. The standard InChI is InChI=1S/C36H32O8/c1-5-41-33(37)29-17-25-13-21-9-10-23-15-27-19-31(35(39)43-7-3)32(36(40)44-8-4)20-28(27)16-24(23)12-11-22(21)14-26(25)18-30(29)34(38)42-6-2/h9-20H,5-8H2,1-4H3/b10-9-,12-11-,21-9?,22-11?,23-10?,24-12?. The van der Waals surface area contributed by atoms with Gasteiger partial charge in [-0.1, -0.05) is 24.3 Å². The first-order valence-corrected chi connectivity index (χ1v) is 14.6. The van der Waals surface area contributed by atoms with E-state index in [1.165, 1.54) is 0 Å². The zero-order chi connectivity index (χ0) is 31.4. The molecule has 0 radical (unpaired) electrons. The third-order valence-corrected chi connectivity index (χ3v) is 7.22. The molecule has 0 N–H and O–H groups in total. The van der Waals surface area contributed by atoms with Crippen LogP contribution in [0.5, 0.6) is 0 Å². The molecule has 0 spiro atoms. The molecule has 0 unspecified atom stereocenters. The van der Waals surface area contributed by atoms with E-state index in [1.54, 1.807) is 52.0 Å². The Kier molecular flexibility index (Phi) is 8.90. The van der Waals surface area contributed by atoms with Crippen molar-refractivity contribution >= 4 is 69.7 Å². The number of benzene rings is 4. The minimum Gasteiger partial charge on any atom is -0.462 e. The summed E-state index contributed by atoms with van der Waals surface area (Å²) in [6.45, 7) is 7.55. The lowest BCUT2D eigenvalue weighted by molar-refractivity contribution is 0.0479. The van der Waals surface area contributed by atoms with Crippen LogP contribution in [-0.4, -0.2) is 50.3 Å². The molecule has 1 aliphatic rings. The molecule has 44 heavy (non-hydrogen) atoms. The van der Waals surface area contributed by atoms with Crippen LogP contribution in [0.1, 0.15) is 91.4 Å². The van der Waals surface area contributed by atoms with E-state index in [2.05, 4.69) is 0 Å². The molecule has 0 fully saturated rings. The van der Waals surface area contributed by atoms with Crippen LogP contribution in [0, 0.1) is 0 Å². The van der Waals surface area contributed by atoms with Gasteiger partial charge in [0.2, 0.25) is 0 Å². The lowest BCUT2D eigenvalue weighted by Crippen LogP contribution is -2.14. The molecular weight excluding hydrogens is 560 g/mol. The van der Waals surface area contributed by atoms with Crippen molar-refractivity contribution in [1.82, 2.24) is 0 Å². The molecule has 0 saturated heterocycles. The van der Waals surface area contributed by atoms with Crippen molar-refractivity contribution < 1.29 is 38.1 Å². The van der Waals surface area contributed by atoms with Crippen LogP contribution < -0.4 is 0 Å². The summed E-state index contributed by atoms with van der Waals surface area (Å²) in [7, 11) is 0. The van der Waals surface area contributed by atoms with Gasteiger partial charge in [0.05, 0.1) is 48.7 Å². The van der Waals surface area contributed by atoms with Crippen molar-refractivity contribution in [2.45, 2.75) is 27.7 Å². The van der Waals surface area contributed by atoms with Gasteiger partial charge in [-0.2, -0.15) is 0 Å². The molecule has 8 heteroatoms. The molecule has 5 rings (SSSR count). The summed E-state index contributed by atoms with van der Waals surface area (Å²) >= 11 is 0. The zero-order valence-corrected chi connectivity index (χ0v) is 25.0. The molecule has 0 saturated carbocycles. The van der Waals surface area contributed by atoms with Crippen LogP contribution in [-0.2, 0) is 18.9 Å². The average molecular weight is 593 g/mol. The Balaban J connectivity index is 1.62. The van der Waals surface area contributed by atoms with Crippen LogP contribution >= 0.6 is 0 Å². The number of fused-ring (bicyclic) bond motifs is 4. The van der Waals surface area contributed by atoms with Gasteiger partial charge in [0.25, 0.3) is 0 Å². The lowest BCUT2D eigenvalue weighted by Gasteiger charge is -2.14. The molecule has 0 aromatic heterocycles. The molecule has 224 valence electrons. The van der Waals surface area contributed by atoms with Crippen molar-refractivity contribution in [3.63, 3.8) is 0 Å². The summed E-state index contributed by atoms with van der Waals surface area (Å²) in [5.41, 5.74) is 4.23. The van der Waals surface area contributed by atoms with E-state index in [9.17, 15) is 19.2 Å². The van der Waals surface area contributed by atoms with Gasteiger partial charge in [0, 0.05) is 0 Å². The predicted molar refractivity (Wildman–Crippen MR) is 170 cm³/mol. The second-order valence-corrected chi connectivity index (χ2v) is 10.0. The number of carbonyl (C=O) groups excluding carboxylic acids is 4. The van der Waals surface area contributed by atoms with Gasteiger partial charge >= 0.3 is 23.9 Å². The van der Waals surface area contributed by atoms with Crippen LogP contribution in [0.3, 0.4) is 0 Å². The SMILES string of the molecule is CCOC(=O)c1cc2cc3c(cc2cc1C(=O)OCC)/C=C\c1cc2cc(C(=O)OCC)c(C(=O)OCC)cc2cc1/C=C\3. The highest BCUT2D eigenvalue weighted by Gasteiger charge is 2.22. The highest BCUT2D eigenvalue weighted by Crippen LogP contribution is 2.32. The van der Waals surface area contributed by atoms with E-state index in [0.717, 1.165) is 43.8 Å². The van der Waals surface area contributed by atoms with Gasteiger partial charge in [0.15, 0.2) is 0 Å². The molecule has 0 atom stereocenters. The molecule has 4 aromatic rings. The second kappa shape index (κ2) is 13.0. The lowest BCUT2D eigenvalue weighted by atomic mass is 9.91. The third kappa shape index (κ3) is 5.97.